The molecule has 9 nitrogen and oxygen atoms in total. The Morgan fingerprint density at radius 2 is 1.92 bits per heavy atom. The third kappa shape index (κ3) is 7.84. The van der Waals surface area contributed by atoms with Crippen LogP contribution in [-0.2, 0) is 16.0 Å². The number of hydrogen-bond donors (Lipinski definition) is 5. The molecule has 2 atom stereocenters. The summed E-state index contributed by atoms with van der Waals surface area (Å²) in [7, 11) is 0. The molecule has 26 heavy (non-hydrogen) atoms. The van der Waals surface area contributed by atoms with Crippen LogP contribution in [0.3, 0.4) is 0 Å². The van der Waals surface area contributed by atoms with Gasteiger partial charge in [-0.05, 0) is 43.9 Å². The van der Waals surface area contributed by atoms with Crippen LogP contribution >= 0.6 is 0 Å². The number of carboxylic acids is 1. The molecule has 1 amide bonds. The summed E-state index contributed by atoms with van der Waals surface area (Å²) in [6.45, 7) is 2.76. The molecule has 0 fully saturated rings. The number of ether oxygens (including phenoxy) is 1. The lowest BCUT2D eigenvalue weighted by Gasteiger charge is -2.18. The van der Waals surface area contributed by atoms with E-state index in [1.54, 1.807) is 12.1 Å². The molecule has 0 bridgehead atoms. The van der Waals surface area contributed by atoms with Crippen LogP contribution < -0.4 is 27.3 Å². The Bertz CT molecular complexity index is 614. The number of nitrogens with two attached hydrogens (primary N) is 3. The fraction of sp³-hybridized carbons (Fsp3) is 0.471. The average Bonchev–Trinajstić information content (AvgIpc) is 2.58. The highest BCUT2D eigenvalue weighted by atomic mass is 16.5. The van der Waals surface area contributed by atoms with Gasteiger partial charge in [0.2, 0.25) is 5.91 Å². The van der Waals surface area contributed by atoms with Crippen LogP contribution in [0, 0.1) is 0 Å². The molecular weight excluding hydrogens is 338 g/mol. The summed E-state index contributed by atoms with van der Waals surface area (Å²) >= 11 is 0. The second-order valence-corrected chi connectivity index (χ2v) is 5.74. The highest BCUT2D eigenvalue weighted by Crippen LogP contribution is 2.13. The van der Waals surface area contributed by atoms with E-state index in [1.165, 1.54) is 0 Å². The number of carboxylic acid groups (broad SMARTS) is 1. The first-order chi connectivity index (χ1) is 12.3. The largest absolute Gasteiger partial charge is 0.494 e. The van der Waals surface area contributed by atoms with Gasteiger partial charge in [0, 0.05) is 6.54 Å². The van der Waals surface area contributed by atoms with E-state index < -0.39 is 24.0 Å². The summed E-state index contributed by atoms with van der Waals surface area (Å²) < 4.78 is 5.35. The smallest absolute Gasteiger partial charge is 0.326 e. The minimum atomic E-state index is -1.13. The molecule has 1 aromatic rings. The number of rotatable bonds is 11. The van der Waals surface area contributed by atoms with E-state index in [4.69, 9.17) is 21.9 Å². The Hall–Kier alpha value is -2.81. The molecular formula is C17H27N5O4. The maximum Gasteiger partial charge on any atom is 0.326 e. The second kappa shape index (κ2) is 10.9. The number of hydrogen-bond acceptors (Lipinski definition) is 5. The molecule has 9 heteroatoms. The molecule has 8 N–H and O–H groups in total. The van der Waals surface area contributed by atoms with Crippen molar-refractivity contribution in [1.29, 1.82) is 0 Å². The highest BCUT2D eigenvalue weighted by molar-refractivity contribution is 5.87. The number of amides is 1. The standard InChI is InChI=1S/C17H27N5O4/c1-2-26-12-7-5-11(6-8-12)10-13(18)15(23)22-14(16(24)25)4-3-9-21-17(19)20/h5-8,13-14H,2-4,9-10,18H2,1H3,(H,22,23)(H,24,25)(H4,19,20,21)/t13-,14+/m0/s1. The quantitative estimate of drug-likeness (QED) is 0.202. The van der Waals surface area contributed by atoms with Crippen LogP contribution in [-0.4, -0.2) is 48.2 Å². The van der Waals surface area contributed by atoms with E-state index in [9.17, 15) is 14.7 Å². The van der Waals surface area contributed by atoms with Gasteiger partial charge in [-0.2, -0.15) is 0 Å². The number of aliphatic imine (C=N–C) groups is 1. The first kappa shape index (κ1) is 21.2. The maximum atomic E-state index is 12.2. The number of carbonyl (C=O) groups is 2. The zero-order chi connectivity index (χ0) is 19.5. The molecule has 144 valence electrons. The first-order valence-electron chi connectivity index (χ1n) is 8.39. The number of guanidine groups is 1. The van der Waals surface area contributed by atoms with Crippen molar-refractivity contribution >= 4 is 17.8 Å². The molecule has 0 radical (unpaired) electrons. The van der Waals surface area contributed by atoms with Crippen LogP contribution in [0.25, 0.3) is 0 Å². The second-order valence-electron chi connectivity index (χ2n) is 5.74. The molecule has 0 aliphatic heterocycles. The normalized spacial score (nSPS) is 12.7. The van der Waals surface area contributed by atoms with Crippen LogP contribution in [0.15, 0.2) is 29.3 Å². The molecule has 0 saturated carbocycles. The average molecular weight is 365 g/mol. The van der Waals surface area contributed by atoms with E-state index in [1.807, 2.05) is 19.1 Å². The third-order valence-electron chi connectivity index (χ3n) is 3.59. The topological polar surface area (TPSA) is 166 Å². The number of nitrogens with zero attached hydrogens (tertiary/aromatic N) is 1. The summed E-state index contributed by atoms with van der Waals surface area (Å²) in [5.74, 6) is -0.969. The van der Waals surface area contributed by atoms with E-state index >= 15 is 0 Å². The third-order valence-corrected chi connectivity index (χ3v) is 3.59. The molecule has 0 aliphatic carbocycles. The lowest BCUT2D eigenvalue weighted by molar-refractivity contribution is -0.142. The van der Waals surface area contributed by atoms with Gasteiger partial charge in [-0.3, -0.25) is 9.79 Å². The van der Waals surface area contributed by atoms with Crippen molar-refractivity contribution in [3.8, 4) is 5.75 Å². The summed E-state index contributed by atoms with van der Waals surface area (Å²) in [5, 5.41) is 11.7. The summed E-state index contributed by atoms with van der Waals surface area (Å²) in [4.78, 5) is 27.2. The fourth-order valence-electron chi connectivity index (χ4n) is 2.27. The minimum absolute atomic E-state index is 0.0571. The van der Waals surface area contributed by atoms with Gasteiger partial charge in [0.05, 0.1) is 12.6 Å². The van der Waals surface area contributed by atoms with Gasteiger partial charge < -0.3 is 32.4 Å². The van der Waals surface area contributed by atoms with Crippen LogP contribution in [0.2, 0.25) is 0 Å². The van der Waals surface area contributed by atoms with Crippen molar-refractivity contribution in [1.82, 2.24) is 5.32 Å². The molecule has 0 saturated heterocycles. The Morgan fingerprint density at radius 3 is 2.46 bits per heavy atom. The summed E-state index contributed by atoms with van der Waals surface area (Å²) in [6.07, 6.45) is 0.912. The zero-order valence-electron chi connectivity index (χ0n) is 14.9. The molecule has 0 unspecified atom stereocenters. The molecule has 0 aromatic heterocycles. The van der Waals surface area contributed by atoms with Gasteiger partial charge in [0.25, 0.3) is 0 Å². The Labute approximate surface area is 152 Å². The predicted molar refractivity (Wildman–Crippen MR) is 98.8 cm³/mol. The highest BCUT2D eigenvalue weighted by Gasteiger charge is 2.23. The van der Waals surface area contributed by atoms with Crippen molar-refractivity contribution < 1.29 is 19.4 Å². The van der Waals surface area contributed by atoms with Gasteiger partial charge in [0.15, 0.2) is 5.96 Å². The van der Waals surface area contributed by atoms with Crippen molar-refractivity contribution in [3.05, 3.63) is 29.8 Å². The number of aliphatic carboxylic acids is 1. The number of nitrogens with one attached hydrogen (secondary N) is 1. The Kier molecular flexibility index (Phi) is 8.93. The molecule has 1 aromatic carbocycles. The predicted octanol–water partition coefficient (Wildman–Crippen LogP) is -0.422. The van der Waals surface area contributed by atoms with Gasteiger partial charge in [-0.15, -0.1) is 0 Å². The van der Waals surface area contributed by atoms with Gasteiger partial charge in [-0.1, -0.05) is 12.1 Å². The maximum absolute atomic E-state index is 12.2. The van der Waals surface area contributed by atoms with Crippen molar-refractivity contribution in [2.75, 3.05) is 13.2 Å². The van der Waals surface area contributed by atoms with Crippen LogP contribution in [0.5, 0.6) is 5.75 Å². The SMILES string of the molecule is CCOc1ccc(C[C@H](N)C(=O)N[C@H](CCCN=C(N)N)C(=O)O)cc1. The number of carbonyl (C=O) groups excluding carboxylic acids is 1. The molecule has 0 aliphatic rings. The number of benzene rings is 1. The van der Waals surface area contributed by atoms with Gasteiger partial charge in [0.1, 0.15) is 11.8 Å². The fourth-order valence-corrected chi connectivity index (χ4v) is 2.27. The van der Waals surface area contributed by atoms with E-state index in [0.29, 0.717) is 26.0 Å². The van der Waals surface area contributed by atoms with Gasteiger partial charge in [-0.25, -0.2) is 4.79 Å². The first-order valence-corrected chi connectivity index (χ1v) is 8.39. The summed E-state index contributed by atoms with van der Waals surface area (Å²) in [5.41, 5.74) is 17.2. The van der Waals surface area contributed by atoms with Crippen LogP contribution in [0.4, 0.5) is 0 Å². The zero-order valence-corrected chi connectivity index (χ0v) is 14.9. The monoisotopic (exact) mass is 365 g/mol. The molecule has 0 heterocycles. The van der Waals surface area contributed by atoms with E-state index in [0.717, 1.165) is 11.3 Å². The lowest BCUT2D eigenvalue weighted by Crippen LogP contribution is -2.49. The Morgan fingerprint density at radius 1 is 1.27 bits per heavy atom. The Balaban J connectivity index is 2.53. The minimum Gasteiger partial charge on any atom is -0.494 e. The van der Waals surface area contributed by atoms with Crippen molar-refractivity contribution in [2.24, 2.45) is 22.2 Å². The van der Waals surface area contributed by atoms with Crippen molar-refractivity contribution in [2.45, 2.75) is 38.3 Å². The molecule has 1 rings (SSSR count). The van der Waals surface area contributed by atoms with Crippen LogP contribution in [0.1, 0.15) is 25.3 Å². The van der Waals surface area contributed by atoms with Gasteiger partial charge >= 0.3 is 5.97 Å². The lowest BCUT2D eigenvalue weighted by atomic mass is 10.0. The van der Waals surface area contributed by atoms with E-state index in [2.05, 4.69) is 10.3 Å². The van der Waals surface area contributed by atoms with E-state index in [-0.39, 0.29) is 12.4 Å². The summed E-state index contributed by atoms with van der Waals surface area (Å²) in [6, 6.07) is 5.35. The molecule has 0 spiro atoms. The van der Waals surface area contributed by atoms with Crippen molar-refractivity contribution in [3.63, 3.8) is 0 Å².